The molecule has 0 radical (unpaired) electrons. The molecule has 0 unspecified atom stereocenters. The van der Waals surface area contributed by atoms with E-state index in [2.05, 4.69) is 4.98 Å². The molecule has 0 fully saturated rings. The van der Waals surface area contributed by atoms with Gasteiger partial charge in [-0.2, -0.15) is 5.26 Å². The molecule has 0 spiro atoms. The van der Waals surface area contributed by atoms with Crippen LogP contribution in [0.25, 0.3) is 0 Å². The lowest BCUT2D eigenvalue weighted by Gasteiger charge is -1.66. The monoisotopic (exact) mass is 122 g/mol. The third-order valence-corrected chi connectivity index (χ3v) is 0.718. The van der Waals surface area contributed by atoms with Gasteiger partial charge in [0.25, 0.3) is 8.05 Å². The molecule has 1 aromatic heterocycles. The summed E-state index contributed by atoms with van der Waals surface area (Å²) in [7, 11) is 1.00. The van der Waals surface area contributed by atoms with Crippen molar-refractivity contribution in [2.75, 3.05) is 0 Å². The number of hydrogen-bond acceptors (Lipinski definition) is 2. The lowest BCUT2D eigenvalue weighted by molar-refractivity contribution is 0.629. The van der Waals surface area contributed by atoms with Crippen molar-refractivity contribution >= 4 is 8.05 Å². The second kappa shape index (κ2) is 4.94. The Morgan fingerprint density at radius 1 is 1.67 bits per heavy atom. The van der Waals surface area contributed by atoms with Gasteiger partial charge in [-0.05, 0) is 12.1 Å². The molecule has 0 bridgehead atoms. The van der Waals surface area contributed by atoms with Crippen LogP contribution in [0, 0.1) is 11.3 Å². The molecule has 1 rings (SSSR count). The van der Waals surface area contributed by atoms with Crippen molar-refractivity contribution < 1.29 is 5.02 Å². The number of nitrogens with one attached hydrogen (secondary N) is 1. The maximum absolute atomic E-state index is 8.15. The van der Waals surface area contributed by atoms with E-state index in [4.69, 9.17) is 10.3 Å². The Balaban J connectivity index is 0.000000291. The van der Waals surface area contributed by atoms with Crippen molar-refractivity contribution in [2.24, 2.45) is 0 Å². The van der Waals surface area contributed by atoms with Crippen molar-refractivity contribution in [1.82, 2.24) is 4.98 Å². The van der Waals surface area contributed by atoms with E-state index in [1.54, 1.807) is 18.3 Å². The molecule has 0 aliphatic rings. The van der Waals surface area contributed by atoms with E-state index < -0.39 is 0 Å². The Morgan fingerprint density at radius 3 is 2.56 bits per heavy atom. The van der Waals surface area contributed by atoms with E-state index in [0.717, 1.165) is 8.05 Å². The number of aromatic amines is 1. The minimum Gasteiger partial charge on any atom is -0.458 e. The molecule has 1 heterocycles. The lowest BCUT2D eigenvalue weighted by atomic mass is 10.5. The molecule has 0 saturated carbocycles. The largest absolute Gasteiger partial charge is 0.458 e. The van der Waals surface area contributed by atoms with Gasteiger partial charge in [0.1, 0.15) is 11.8 Å². The van der Waals surface area contributed by atoms with Gasteiger partial charge in [0, 0.05) is 6.20 Å². The zero-order valence-corrected chi connectivity index (χ0v) is 5.13. The number of nitrogens with zero attached hydrogens (tertiary/aromatic N) is 1. The van der Waals surface area contributed by atoms with E-state index >= 15 is 0 Å². The maximum atomic E-state index is 8.15. The highest BCUT2D eigenvalue weighted by Crippen LogP contribution is 1.87. The minimum atomic E-state index is 0.611. The highest BCUT2D eigenvalue weighted by molar-refractivity contribution is 5.95. The number of H-pyrrole nitrogens is 1. The first-order valence-electron chi connectivity index (χ1n) is 2.41. The molecular weight excluding hydrogens is 115 g/mol. The Hall–Kier alpha value is -1.21. The molecule has 0 aliphatic heterocycles. The van der Waals surface area contributed by atoms with Crippen LogP contribution in [0.4, 0.5) is 0 Å². The smallest absolute Gasteiger partial charge is 0.252 e. The summed E-state index contributed by atoms with van der Waals surface area (Å²) >= 11 is 0. The quantitative estimate of drug-likeness (QED) is 0.452. The third kappa shape index (κ3) is 2.57. The molecule has 0 aromatic carbocycles. The summed E-state index contributed by atoms with van der Waals surface area (Å²) in [6.07, 6.45) is 1.72. The Kier molecular flexibility index (Phi) is 4.28. The number of hydrogen-bond donors (Lipinski definition) is 2. The topological polar surface area (TPSA) is 59.8 Å². The molecule has 46 valence electrons. The summed E-state index contributed by atoms with van der Waals surface area (Å²) in [5, 5.41) is 15.1. The van der Waals surface area contributed by atoms with E-state index in [-0.39, 0.29) is 0 Å². The van der Waals surface area contributed by atoms with Gasteiger partial charge in [-0.15, -0.1) is 0 Å². The minimum absolute atomic E-state index is 0.611. The molecule has 0 atom stereocenters. The third-order valence-electron chi connectivity index (χ3n) is 0.718. The molecule has 0 aliphatic carbocycles. The van der Waals surface area contributed by atoms with Gasteiger partial charge in [-0.1, -0.05) is 0 Å². The molecule has 9 heavy (non-hydrogen) atoms. The van der Waals surface area contributed by atoms with Gasteiger partial charge in [-0.3, -0.25) is 0 Å². The zero-order chi connectivity index (χ0) is 7.11. The van der Waals surface area contributed by atoms with Crippen LogP contribution in [0.15, 0.2) is 18.3 Å². The van der Waals surface area contributed by atoms with Gasteiger partial charge in [-0.25, -0.2) is 0 Å². The van der Waals surface area contributed by atoms with Crippen LogP contribution in [-0.4, -0.2) is 18.1 Å². The Morgan fingerprint density at radius 2 is 2.33 bits per heavy atom. The average molecular weight is 122 g/mol. The van der Waals surface area contributed by atoms with Gasteiger partial charge in [0.05, 0.1) is 0 Å². The van der Waals surface area contributed by atoms with Crippen molar-refractivity contribution in [3.05, 3.63) is 24.0 Å². The second-order valence-electron chi connectivity index (χ2n) is 1.20. The first kappa shape index (κ1) is 7.79. The highest BCUT2D eigenvalue weighted by atomic mass is 16.2. The van der Waals surface area contributed by atoms with Crippen LogP contribution in [0.2, 0.25) is 0 Å². The summed E-state index contributed by atoms with van der Waals surface area (Å²) in [5.41, 5.74) is 0.611. The first-order chi connectivity index (χ1) is 4.43. The van der Waals surface area contributed by atoms with Crippen LogP contribution in [0.1, 0.15) is 5.69 Å². The van der Waals surface area contributed by atoms with Gasteiger partial charge in [0.2, 0.25) is 0 Å². The summed E-state index contributed by atoms with van der Waals surface area (Å²) in [5.74, 6) is 0. The predicted octanol–water partition coefficient (Wildman–Crippen LogP) is -0.587. The molecule has 4 heteroatoms. The Bertz CT molecular complexity index is 177. The molecular formula is C5H7BN2O. The zero-order valence-electron chi connectivity index (χ0n) is 5.13. The van der Waals surface area contributed by atoms with Crippen LogP contribution in [0.5, 0.6) is 0 Å². The normalized spacial score (nSPS) is 6.67. The fourth-order valence-electron chi connectivity index (χ4n) is 0.400. The fourth-order valence-corrected chi connectivity index (χ4v) is 0.400. The van der Waals surface area contributed by atoms with Gasteiger partial charge >= 0.3 is 0 Å². The van der Waals surface area contributed by atoms with E-state index in [9.17, 15) is 0 Å². The van der Waals surface area contributed by atoms with Crippen LogP contribution in [0.3, 0.4) is 0 Å². The highest BCUT2D eigenvalue weighted by Gasteiger charge is 1.80. The molecule has 3 nitrogen and oxygen atoms in total. The summed E-state index contributed by atoms with van der Waals surface area (Å²) < 4.78 is 0. The second-order valence-corrected chi connectivity index (χ2v) is 1.20. The first-order valence-corrected chi connectivity index (χ1v) is 2.41. The lowest BCUT2D eigenvalue weighted by Crippen LogP contribution is -1.64. The van der Waals surface area contributed by atoms with Crippen LogP contribution < -0.4 is 0 Å². The van der Waals surface area contributed by atoms with Gasteiger partial charge in [0.15, 0.2) is 0 Å². The van der Waals surface area contributed by atoms with Crippen molar-refractivity contribution in [2.45, 2.75) is 0 Å². The number of aromatic nitrogens is 1. The summed E-state index contributed by atoms with van der Waals surface area (Å²) in [4.78, 5) is 2.73. The van der Waals surface area contributed by atoms with Crippen LogP contribution in [-0.2, 0) is 0 Å². The average Bonchev–Trinajstić information content (AvgIpc) is 2.43. The summed E-state index contributed by atoms with van der Waals surface area (Å²) in [6, 6.07) is 5.46. The van der Waals surface area contributed by atoms with Crippen LogP contribution >= 0.6 is 0 Å². The predicted molar refractivity (Wildman–Crippen MR) is 36.3 cm³/mol. The van der Waals surface area contributed by atoms with E-state index in [0.29, 0.717) is 5.69 Å². The van der Waals surface area contributed by atoms with Crippen molar-refractivity contribution in [3.8, 4) is 6.07 Å². The maximum Gasteiger partial charge on any atom is 0.252 e. The molecule has 1 aromatic rings. The number of rotatable bonds is 0. The van der Waals surface area contributed by atoms with E-state index in [1.165, 1.54) is 0 Å². The van der Waals surface area contributed by atoms with Crippen molar-refractivity contribution in [1.29, 1.82) is 5.26 Å². The molecule has 0 saturated heterocycles. The molecule has 2 N–H and O–H groups in total. The SMILES string of the molecule is BO.N#Cc1ccc[nH]1. The van der Waals surface area contributed by atoms with Gasteiger partial charge < -0.3 is 10.0 Å². The van der Waals surface area contributed by atoms with Crippen molar-refractivity contribution in [3.63, 3.8) is 0 Å². The fraction of sp³-hybridized carbons (Fsp3) is 0. The van der Waals surface area contributed by atoms with E-state index in [1.807, 2.05) is 6.07 Å². The number of nitriles is 1. The standard InChI is InChI=1S/C5H4N2.BH3O/c6-4-5-2-1-3-7-5;1-2/h1-3,7H;2H,1H2. The Labute approximate surface area is 54.4 Å². The summed E-state index contributed by atoms with van der Waals surface area (Å²) in [6.45, 7) is 0. The molecule has 0 amide bonds.